The maximum absolute atomic E-state index is 5.76. The second-order valence-electron chi connectivity index (χ2n) is 5.21. The molecule has 1 unspecified atom stereocenters. The molecule has 0 aliphatic heterocycles. The third-order valence-corrected chi connectivity index (χ3v) is 3.03. The Morgan fingerprint density at radius 2 is 1.62 bits per heavy atom. The summed E-state index contributed by atoms with van der Waals surface area (Å²) in [5, 5.41) is 0. The zero-order chi connectivity index (χ0) is 10.5. The van der Waals surface area contributed by atoms with Crippen molar-refractivity contribution in [3.05, 3.63) is 0 Å². The maximum atomic E-state index is 5.76. The van der Waals surface area contributed by atoms with Crippen molar-refractivity contribution in [3.8, 4) is 0 Å². The van der Waals surface area contributed by atoms with Crippen molar-refractivity contribution in [2.45, 2.75) is 60.3 Å². The van der Waals surface area contributed by atoms with Gasteiger partial charge in [0.15, 0.2) is 0 Å². The Kier molecular flexibility index (Phi) is 4.98. The monoisotopic (exact) mass is 185 g/mol. The van der Waals surface area contributed by atoms with Gasteiger partial charge >= 0.3 is 0 Å². The Labute approximate surface area is 84.1 Å². The molecule has 80 valence electrons. The van der Waals surface area contributed by atoms with Crippen molar-refractivity contribution >= 4 is 0 Å². The highest BCUT2D eigenvalue weighted by Gasteiger charge is 2.35. The van der Waals surface area contributed by atoms with Crippen LogP contribution in [0, 0.1) is 10.8 Å². The van der Waals surface area contributed by atoms with Crippen LogP contribution >= 0.6 is 0 Å². The van der Waals surface area contributed by atoms with Crippen LogP contribution in [0.3, 0.4) is 0 Å². The molecule has 1 rings (SSSR count). The normalized spacial score (nSPS) is 31.8. The van der Waals surface area contributed by atoms with Crippen LogP contribution in [0.5, 0.6) is 0 Å². The molecular weight excluding hydrogens is 158 g/mol. The summed E-state index contributed by atoms with van der Waals surface area (Å²) in [4.78, 5) is 0. The molecule has 0 saturated heterocycles. The summed E-state index contributed by atoms with van der Waals surface area (Å²) in [6.07, 6.45) is 5.37. The lowest BCUT2D eigenvalue weighted by Gasteiger charge is -2.42. The molecule has 0 aromatic carbocycles. The average Bonchev–Trinajstić information content (AvgIpc) is 2.06. The van der Waals surface area contributed by atoms with Crippen molar-refractivity contribution < 1.29 is 0 Å². The topological polar surface area (TPSA) is 26.0 Å². The third-order valence-electron chi connectivity index (χ3n) is 3.03. The lowest BCUT2D eigenvalue weighted by atomic mass is 9.64. The minimum atomic E-state index is 0.432. The van der Waals surface area contributed by atoms with Gasteiger partial charge in [-0.3, -0.25) is 0 Å². The molecule has 1 aliphatic rings. The van der Waals surface area contributed by atoms with E-state index in [9.17, 15) is 0 Å². The summed E-state index contributed by atoms with van der Waals surface area (Å²) < 4.78 is 0. The van der Waals surface area contributed by atoms with Crippen molar-refractivity contribution in [1.29, 1.82) is 0 Å². The first-order valence-electron chi connectivity index (χ1n) is 5.68. The van der Waals surface area contributed by atoms with E-state index >= 15 is 0 Å². The minimum absolute atomic E-state index is 0.432. The zero-order valence-corrected chi connectivity index (χ0v) is 10.1. The second kappa shape index (κ2) is 4.99. The first-order valence-corrected chi connectivity index (χ1v) is 5.68. The molecule has 0 heterocycles. The molecule has 1 saturated carbocycles. The predicted molar refractivity (Wildman–Crippen MR) is 60.8 cm³/mol. The van der Waals surface area contributed by atoms with Gasteiger partial charge in [0, 0.05) is 0 Å². The summed E-state index contributed by atoms with van der Waals surface area (Å²) in [5.74, 6) is 0. The van der Waals surface area contributed by atoms with Gasteiger partial charge in [-0.05, 0) is 36.6 Å². The second-order valence-corrected chi connectivity index (χ2v) is 5.21. The molecular formula is C12H27N. The number of nitrogens with two attached hydrogens (primary N) is 1. The summed E-state index contributed by atoms with van der Waals surface area (Å²) in [6.45, 7) is 11.9. The van der Waals surface area contributed by atoms with E-state index in [1.165, 1.54) is 25.7 Å². The molecule has 1 atom stereocenters. The largest absolute Gasteiger partial charge is 0.330 e. The van der Waals surface area contributed by atoms with Crippen LogP contribution in [0.1, 0.15) is 60.3 Å². The molecule has 2 N–H and O–H groups in total. The minimum Gasteiger partial charge on any atom is -0.330 e. The van der Waals surface area contributed by atoms with E-state index in [2.05, 4.69) is 20.8 Å². The molecule has 0 bridgehead atoms. The molecule has 0 radical (unpaired) electrons. The molecule has 1 aliphatic carbocycles. The number of hydrogen-bond acceptors (Lipinski definition) is 1. The van der Waals surface area contributed by atoms with Gasteiger partial charge in [0.1, 0.15) is 0 Å². The summed E-state index contributed by atoms with van der Waals surface area (Å²) in [6, 6.07) is 0. The van der Waals surface area contributed by atoms with Crippen molar-refractivity contribution in [1.82, 2.24) is 0 Å². The fraction of sp³-hybridized carbons (Fsp3) is 1.00. The Hall–Kier alpha value is -0.0400. The molecule has 0 spiro atoms. The molecule has 0 aromatic rings. The van der Waals surface area contributed by atoms with E-state index in [-0.39, 0.29) is 0 Å². The van der Waals surface area contributed by atoms with E-state index in [1.54, 1.807) is 0 Å². The van der Waals surface area contributed by atoms with E-state index in [0.29, 0.717) is 10.8 Å². The molecule has 0 aromatic heterocycles. The Bertz CT molecular complexity index is 140. The van der Waals surface area contributed by atoms with E-state index < -0.39 is 0 Å². The standard InChI is InChI=1S/C10H21N.C2H6/c1-9(2)5-4-6-10(3,7-9)8-11;1-2/h4-8,11H2,1-3H3;1-2H3. The lowest BCUT2D eigenvalue weighted by Crippen LogP contribution is -2.36. The molecule has 1 nitrogen and oxygen atoms in total. The molecule has 0 amide bonds. The fourth-order valence-corrected chi connectivity index (χ4v) is 2.50. The quantitative estimate of drug-likeness (QED) is 0.664. The highest BCUT2D eigenvalue weighted by atomic mass is 14.6. The Balaban J connectivity index is 0.000000671. The lowest BCUT2D eigenvalue weighted by molar-refractivity contribution is 0.107. The van der Waals surface area contributed by atoms with Gasteiger partial charge in [0.2, 0.25) is 0 Å². The summed E-state index contributed by atoms with van der Waals surface area (Å²) >= 11 is 0. The highest BCUT2D eigenvalue weighted by Crippen LogP contribution is 2.45. The number of rotatable bonds is 1. The van der Waals surface area contributed by atoms with Crippen LogP contribution in [-0.4, -0.2) is 6.54 Å². The van der Waals surface area contributed by atoms with Crippen LogP contribution in [0.15, 0.2) is 0 Å². The Morgan fingerprint density at radius 1 is 1.08 bits per heavy atom. The summed E-state index contributed by atoms with van der Waals surface area (Å²) in [5.41, 5.74) is 6.72. The SMILES string of the molecule is CC.CC1(C)CCCC(C)(CN)C1. The van der Waals surface area contributed by atoms with Gasteiger partial charge in [0.25, 0.3) is 0 Å². The van der Waals surface area contributed by atoms with Crippen LogP contribution in [0.2, 0.25) is 0 Å². The van der Waals surface area contributed by atoms with E-state index in [1.807, 2.05) is 13.8 Å². The van der Waals surface area contributed by atoms with Crippen molar-refractivity contribution in [3.63, 3.8) is 0 Å². The van der Waals surface area contributed by atoms with Gasteiger partial charge in [-0.2, -0.15) is 0 Å². The van der Waals surface area contributed by atoms with E-state index in [4.69, 9.17) is 5.73 Å². The van der Waals surface area contributed by atoms with Crippen LogP contribution in [-0.2, 0) is 0 Å². The van der Waals surface area contributed by atoms with Gasteiger partial charge in [0.05, 0.1) is 0 Å². The predicted octanol–water partition coefficient (Wildman–Crippen LogP) is 3.58. The zero-order valence-electron chi connectivity index (χ0n) is 10.1. The van der Waals surface area contributed by atoms with Crippen molar-refractivity contribution in [2.75, 3.05) is 6.54 Å². The van der Waals surface area contributed by atoms with Gasteiger partial charge in [-0.15, -0.1) is 0 Å². The van der Waals surface area contributed by atoms with Gasteiger partial charge in [-0.25, -0.2) is 0 Å². The van der Waals surface area contributed by atoms with E-state index in [0.717, 1.165) is 6.54 Å². The van der Waals surface area contributed by atoms with Crippen LogP contribution in [0.4, 0.5) is 0 Å². The highest BCUT2D eigenvalue weighted by molar-refractivity contribution is 4.87. The first kappa shape index (κ1) is 13.0. The van der Waals surface area contributed by atoms with Crippen LogP contribution < -0.4 is 5.73 Å². The number of hydrogen-bond donors (Lipinski definition) is 1. The third kappa shape index (κ3) is 4.12. The Morgan fingerprint density at radius 3 is 1.92 bits per heavy atom. The molecule has 13 heavy (non-hydrogen) atoms. The molecule has 1 fully saturated rings. The maximum Gasteiger partial charge on any atom is -0.00230 e. The van der Waals surface area contributed by atoms with Crippen molar-refractivity contribution in [2.24, 2.45) is 16.6 Å². The molecule has 1 heteroatoms. The van der Waals surface area contributed by atoms with Crippen LogP contribution in [0.25, 0.3) is 0 Å². The van der Waals surface area contributed by atoms with Gasteiger partial charge < -0.3 is 5.73 Å². The van der Waals surface area contributed by atoms with Gasteiger partial charge in [-0.1, -0.05) is 41.0 Å². The average molecular weight is 185 g/mol. The first-order chi connectivity index (χ1) is 5.97. The summed E-state index contributed by atoms with van der Waals surface area (Å²) in [7, 11) is 0. The smallest absolute Gasteiger partial charge is 0.00230 e. The fourth-order valence-electron chi connectivity index (χ4n) is 2.50.